The Morgan fingerprint density at radius 2 is 1.70 bits per heavy atom. The Bertz CT molecular complexity index is 1540. The lowest BCUT2D eigenvalue weighted by Gasteiger charge is -2.34. The lowest BCUT2D eigenvalue weighted by molar-refractivity contribution is 0.619. The Hall–Kier alpha value is -3.64. The molecule has 0 saturated heterocycles. The van der Waals surface area contributed by atoms with Crippen LogP contribution in [0, 0.1) is 12.8 Å². The Labute approximate surface area is 242 Å². The summed E-state index contributed by atoms with van der Waals surface area (Å²) < 4.78 is 0. The summed E-state index contributed by atoms with van der Waals surface area (Å²) in [6.45, 7) is 24.5. The van der Waals surface area contributed by atoms with E-state index in [0.717, 1.165) is 37.7 Å². The first kappa shape index (κ1) is 27.9. The molecule has 0 heteroatoms. The quantitative estimate of drug-likeness (QED) is 0.322. The molecule has 0 nitrogen and oxygen atoms in total. The van der Waals surface area contributed by atoms with Gasteiger partial charge in [-0.15, -0.1) is 0 Å². The molecule has 0 radical (unpaired) electrons. The van der Waals surface area contributed by atoms with Crippen molar-refractivity contribution in [2.75, 3.05) is 0 Å². The number of hydrogen-bond donors (Lipinski definition) is 0. The van der Waals surface area contributed by atoms with Crippen molar-refractivity contribution >= 4 is 11.1 Å². The number of allylic oxidation sites excluding steroid dienone is 13. The van der Waals surface area contributed by atoms with Crippen LogP contribution in [0.15, 0.2) is 126 Å². The largest absolute Gasteiger partial charge is 0.0955 e. The molecule has 40 heavy (non-hydrogen) atoms. The van der Waals surface area contributed by atoms with Gasteiger partial charge in [0, 0.05) is 11.8 Å². The second kappa shape index (κ2) is 11.5. The van der Waals surface area contributed by atoms with E-state index in [1.54, 1.807) is 0 Å². The number of benzene rings is 2. The summed E-state index contributed by atoms with van der Waals surface area (Å²) >= 11 is 0. The highest BCUT2D eigenvalue weighted by atomic mass is 14.4. The molecule has 0 spiro atoms. The van der Waals surface area contributed by atoms with Crippen LogP contribution < -0.4 is 0 Å². The fourth-order valence-electron chi connectivity index (χ4n) is 6.93. The Morgan fingerprint density at radius 1 is 0.950 bits per heavy atom. The van der Waals surface area contributed by atoms with Gasteiger partial charge in [0.25, 0.3) is 0 Å². The zero-order valence-electron chi connectivity index (χ0n) is 25.2. The maximum absolute atomic E-state index is 4.74. The molecule has 0 N–H and O–H groups in total. The molecule has 0 bridgehead atoms. The fraction of sp³-hybridized carbons (Fsp3) is 0.300. The van der Waals surface area contributed by atoms with Crippen LogP contribution in [0.3, 0.4) is 0 Å². The SMILES string of the molecule is C=C(CCC)C1=C(C)C=C2C/C(=C\C3=CC=C(c4ccc(C(=C)C)cc4C)C3)C(=C)C2C1c1ccc(CC)cc1. The van der Waals surface area contributed by atoms with Gasteiger partial charge in [0.15, 0.2) is 0 Å². The van der Waals surface area contributed by atoms with Gasteiger partial charge in [-0.05, 0) is 108 Å². The molecule has 1 fully saturated rings. The molecule has 2 atom stereocenters. The van der Waals surface area contributed by atoms with Crippen molar-refractivity contribution in [2.24, 2.45) is 5.92 Å². The lowest BCUT2D eigenvalue weighted by Crippen LogP contribution is -2.21. The van der Waals surface area contributed by atoms with E-state index in [1.807, 2.05) is 0 Å². The third-order valence-electron chi connectivity index (χ3n) is 9.05. The Balaban J connectivity index is 1.43. The summed E-state index contributed by atoms with van der Waals surface area (Å²) in [4.78, 5) is 0. The fourth-order valence-corrected chi connectivity index (χ4v) is 6.93. The van der Waals surface area contributed by atoms with Crippen LogP contribution in [-0.2, 0) is 6.42 Å². The monoisotopic (exact) mass is 524 g/mol. The van der Waals surface area contributed by atoms with E-state index in [1.165, 1.54) is 72.4 Å². The molecule has 2 aromatic rings. The maximum Gasteiger partial charge on any atom is 0.0201 e. The highest BCUT2D eigenvalue weighted by Crippen LogP contribution is 2.55. The summed E-state index contributed by atoms with van der Waals surface area (Å²) in [7, 11) is 0. The van der Waals surface area contributed by atoms with E-state index in [9.17, 15) is 0 Å². The van der Waals surface area contributed by atoms with Crippen molar-refractivity contribution in [1.29, 1.82) is 0 Å². The summed E-state index contributed by atoms with van der Waals surface area (Å²) in [6, 6.07) is 16.0. The van der Waals surface area contributed by atoms with Crippen molar-refractivity contribution in [3.8, 4) is 0 Å². The topological polar surface area (TPSA) is 0 Å². The second-order valence-electron chi connectivity index (χ2n) is 12.0. The zero-order chi connectivity index (χ0) is 28.6. The number of aryl methyl sites for hydroxylation is 2. The van der Waals surface area contributed by atoms with Crippen LogP contribution in [0.5, 0.6) is 0 Å². The first-order chi connectivity index (χ1) is 19.2. The molecule has 2 unspecified atom stereocenters. The highest BCUT2D eigenvalue weighted by molar-refractivity contribution is 5.77. The highest BCUT2D eigenvalue weighted by Gasteiger charge is 2.41. The molecule has 3 aliphatic carbocycles. The van der Waals surface area contributed by atoms with Gasteiger partial charge in [-0.25, -0.2) is 0 Å². The smallest absolute Gasteiger partial charge is 0.0201 e. The normalized spacial score (nSPS) is 21.4. The minimum absolute atomic E-state index is 0.282. The summed E-state index contributed by atoms with van der Waals surface area (Å²) in [5, 5.41) is 0. The summed E-state index contributed by atoms with van der Waals surface area (Å²) in [5.74, 6) is 0.585. The van der Waals surface area contributed by atoms with Crippen molar-refractivity contribution < 1.29 is 0 Å². The van der Waals surface area contributed by atoms with Crippen molar-refractivity contribution in [3.63, 3.8) is 0 Å². The van der Waals surface area contributed by atoms with Gasteiger partial charge in [-0.2, -0.15) is 0 Å². The predicted octanol–water partition coefficient (Wildman–Crippen LogP) is 11.2. The van der Waals surface area contributed by atoms with Gasteiger partial charge in [-0.3, -0.25) is 0 Å². The standard InChI is InChI=1S/C40H44/c1-9-11-26(5)38-28(7)21-36-24-35(29(8)39(36)40(38)32-15-12-30(10-2)13-16-32)23-31-14-17-34(22-31)37-19-18-33(25(3)4)20-27(37)6/h12-21,23,39-40H,3,5,8-11,22,24H2,1-2,4,6-7H3/b35-23+. The summed E-state index contributed by atoms with van der Waals surface area (Å²) in [6.07, 6.45) is 14.6. The maximum atomic E-state index is 4.74. The Morgan fingerprint density at radius 3 is 2.35 bits per heavy atom. The first-order valence-corrected chi connectivity index (χ1v) is 15.0. The van der Waals surface area contributed by atoms with Gasteiger partial charge < -0.3 is 0 Å². The molecule has 1 saturated carbocycles. The molecular weight excluding hydrogens is 480 g/mol. The van der Waals surface area contributed by atoms with E-state index < -0.39 is 0 Å². The molecule has 0 heterocycles. The van der Waals surface area contributed by atoms with E-state index in [-0.39, 0.29) is 5.92 Å². The van der Waals surface area contributed by atoms with Crippen LogP contribution in [0.4, 0.5) is 0 Å². The minimum Gasteiger partial charge on any atom is -0.0955 e. The molecule has 204 valence electrons. The predicted molar refractivity (Wildman–Crippen MR) is 175 cm³/mol. The average molecular weight is 525 g/mol. The van der Waals surface area contributed by atoms with E-state index in [4.69, 9.17) is 6.58 Å². The molecular formula is C40H44. The molecule has 0 aromatic heterocycles. The van der Waals surface area contributed by atoms with Gasteiger partial charge in [0.2, 0.25) is 0 Å². The molecule has 3 aliphatic rings. The van der Waals surface area contributed by atoms with E-state index >= 15 is 0 Å². The third-order valence-corrected chi connectivity index (χ3v) is 9.05. The van der Waals surface area contributed by atoms with Gasteiger partial charge in [-0.1, -0.05) is 123 Å². The van der Waals surface area contributed by atoms with E-state index in [2.05, 4.69) is 115 Å². The van der Waals surface area contributed by atoms with Crippen molar-refractivity contribution in [2.45, 2.75) is 72.6 Å². The van der Waals surface area contributed by atoms with Crippen LogP contribution in [0.2, 0.25) is 0 Å². The van der Waals surface area contributed by atoms with E-state index in [0.29, 0.717) is 5.92 Å². The van der Waals surface area contributed by atoms with Crippen LogP contribution in [-0.4, -0.2) is 0 Å². The van der Waals surface area contributed by atoms with Gasteiger partial charge >= 0.3 is 0 Å². The number of fused-ring (bicyclic) bond motifs is 1. The number of rotatable bonds is 8. The van der Waals surface area contributed by atoms with Crippen molar-refractivity contribution in [1.82, 2.24) is 0 Å². The molecule has 2 aromatic carbocycles. The lowest BCUT2D eigenvalue weighted by atomic mass is 9.69. The average Bonchev–Trinajstić information content (AvgIpc) is 3.52. The van der Waals surface area contributed by atoms with Gasteiger partial charge in [0.1, 0.15) is 0 Å². The van der Waals surface area contributed by atoms with Gasteiger partial charge in [0.05, 0.1) is 0 Å². The van der Waals surface area contributed by atoms with Crippen molar-refractivity contribution in [3.05, 3.63) is 153 Å². The van der Waals surface area contributed by atoms with Crippen LogP contribution >= 0.6 is 0 Å². The summed E-state index contributed by atoms with van der Waals surface area (Å²) in [5.41, 5.74) is 18.8. The second-order valence-corrected chi connectivity index (χ2v) is 12.0. The molecule has 5 rings (SSSR count). The van der Waals surface area contributed by atoms with Crippen LogP contribution in [0.25, 0.3) is 11.1 Å². The Kier molecular flexibility index (Phi) is 7.99. The molecule has 0 amide bonds. The third kappa shape index (κ3) is 5.25. The molecule has 0 aliphatic heterocycles. The minimum atomic E-state index is 0.282. The van der Waals surface area contributed by atoms with Crippen LogP contribution in [0.1, 0.15) is 87.1 Å². The first-order valence-electron chi connectivity index (χ1n) is 15.0. The zero-order valence-corrected chi connectivity index (χ0v) is 25.2. The number of hydrogen-bond acceptors (Lipinski definition) is 0.